The molecule has 5 nitrogen and oxygen atoms in total. The maximum absolute atomic E-state index is 11.3. The molecular formula is C11H15N3O2. The first-order valence-electron chi connectivity index (χ1n) is 5.20. The van der Waals surface area contributed by atoms with Crippen molar-refractivity contribution in [1.82, 2.24) is 0 Å². The summed E-state index contributed by atoms with van der Waals surface area (Å²) < 4.78 is 5.26. The van der Waals surface area contributed by atoms with Gasteiger partial charge in [0, 0.05) is 24.5 Å². The topological polar surface area (TPSA) is 81.6 Å². The molecule has 0 bridgehead atoms. The van der Waals surface area contributed by atoms with Gasteiger partial charge in [-0.15, -0.1) is 0 Å². The molecule has 0 aliphatic carbocycles. The maximum Gasteiger partial charge on any atom is 0.250 e. The first kappa shape index (κ1) is 10.8. The number of primary amides is 1. The Bertz CT molecular complexity index is 400. The van der Waals surface area contributed by atoms with E-state index in [0.29, 0.717) is 24.5 Å². The largest absolute Gasteiger partial charge is 0.399 e. The molecule has 1 aromatic carbocycles. The van der Waals surface area contributed by atoms with E-state index in [-0.39, 0.29) is 0 Å². The minimum Gasteiger partial charge on any atom is -0.399 e. The van der Waals surface area contributed by atoms with Crippen molar-refractivity contribution >= 4 is 17.3 Å². The van der Waals surface area contributed by atoms with Gasteiger partial charge in [0.2, 0.25) is 0 Å². The van der Waals surface area contributed by atoms with Crippen LogP contribution in [0.4, 0.5) is 11.4 Å². The Hall–Kier alpha value is -1.75. The zero-order valence-corrected chi connectivity index (χ0v) is 8.98. The van der Waals surface area contributed by atoms with Gasteiger partial charge < -0.3 is 21.1 Å². The van der Waals surface area contributed by atoms with Crippen molar-refractivity contribution in [2.24, 2.45) is 5.73 Å². The number of carbonyl (C=O) groups excluding carboxylic acids is 1. The molecule has 0 saturated carbocycles. The molecule has 16 heavy (non-hydrogen) atoms. The summed E-state index contributed by atoms with van der Waals surface area (Å²) in [5.74, 6) is -0.450. The minimum atomic E-state index is -0.450. The van der Waals surface area contributed by atoms with Crippen LogP contribution in [-0.4, -0.2) is 32.2 Å². The number of rotatable bonds is 2. The first-order valence-corrected chi connectivity index (χ1v) is 5.20. The smallest absolute Gasteiger partial charge is 0.250 e. The molecule has 0 radical (unpaired) electrons. The van der Waals surface area contributed by atoms with Crippen molar-refractivity contribution in [1.29, 1.82) is 0 Å². The molecule has 1 aromatic rings. The first-order chi connectivity index (χ1) is 7.68. The van der Waals surface area contributed by atoms with E-state index in [9.17, 15) is 4.79 Å². The van der Waals surface area contributed by atoms with E-state index >= 15 is 0 Å². The lowest BCUT2D eigenvalue weighted by molar-refractivity contribution is 0.0998. The molecule has 1 saturated heterocycles. The molecule has 2 rings (SSSR count). The predicted molar refractivity (Wildman–Crippen MR) is 62.4 cm³/mol. The van der Waals surface area contributed by atoms with Gasteiger partial charge in [0.1, 0.15) is 0 Å². The van der Waals surface area contributed by atoms with Crippen molar-refractivity contribution < 1.29 is 9.53 Å². The minimum absolute atomic E-state index is 0.450. The summed E-state index contributed by atoms with van der Waals surface area (Å²) >= 11 is 0. The average molecular weight is 221 g/mol. The zero-order chi connectivity index (χ0) is 11.5. The summed E-state index contributed by atoms with van der Waals surface area (Å²) in [7, 11) is 0. The highest BCUT2D eigenvalue weighted by Crippen LogP contribution is 2.23. The molecule has 1 aliphatic heterocycles. The Kier molecular flexibility index (Phi) is 2.96. The molecule has 0 atom stereocenters. The highest BCUT2D eigenvalue weighted by molar-refractivity contribution is 5.99. The summed E-state index contributed by atoms with van der Waals surface area (Å²) in [4.78, 5) is 13.4. The van der Waals surface area contributed by atoms with Crippen LogP contribution in [0.15, 0.2) is 18.2 Å². The monoisotopic (exact) mass is 221 g/mol. The van der Waals surface area contributed by atoms with E-state index in [1.54, 1.807) is 12.1 Å². The van der Waals surface area contributed by atoms with Gasteiger partial charge in [0.05, 0.1) is 18.8 Å². The average Bonchev–Trinajstić information content (AvgIpc) is 2.30. The third-order valence-corrected chi connectivity index (χ3v) is 2.64. The number of anilines is 2. The fraction of sp³-hybridized carbons (Fsp3) is 0.364. The van der Waals surface area contributed by atoms with E-state index in [1.807, 2.05) is 6.07 Å². The van der Waals surface area contributed by atoms with Crippen molar-refractivity contribution in [3.05, 3.63) is 23.8 Å². The Labute approximate surface area is 94.0 Å². The van der Waals surface area contributed by atoms with Crippen LogP contribution in [0.1, 0.15) is 10.4 Å². The van der Waals surface area contributed by atoms with E-state index in [1.165, 1.54) is 0 Å². The third-order valence-electron chi connectivity index (χ3n) is 2.64. The van der Waals surface area contributed by atoms with E-state index < -0.39 is 5.91 Å². The van der Waals surface area contributed by atoms with Crippen LogP contribution in [0.25, 0.3) is 0 Å². The van der Waals surface area contributed by atoms with Crippen LogP contribution < -0.4 is 16.4 Å². The molecular weight excluding hydrogens is 206 g/mol. The number of hydrogen-bond acceptors (Lipinski definition) is 4. The predicted octanol–water partition coefficient (Wildman–Crippen LogP) is 0.204. The van der Waals surface area contributed by atoms with Crippen molar-refractivity contribution in [2.45, 2.75) is 0 Å². The van der Waals surface area contributed by atoms with Crippen LogP contribution in [0.3, 0.4) is 0 Å². The highest BCUT2D eigenvalue weighted by atomic mass is 16.5. The van der Waals surface area contributed by atoms with Crippen LogP contribution in [-0.2, 0) is 4.74 Å². The Morgan fingerprint density at radius 2 is 2.00 bits per heavy atom. The summed E-state index contributed by atoms with van der Waals surface area (Å²) in [5.41, 5.74) is 12.8. The normalized spacial score (nSPS) is 16.1. The molecule has 5 heteroatoms. The molecule has 1 aliphatic rings. The molecule has 0 unspecified atom stereocenters. The molecule has 0 aromatic heterocycles. The van der Waals surface area contributed by atoms with Crippen molar-refractivity contribution in [3.63, 3.8) is 0 Å². The standard InChI is InChI=1S/C11H15N3O2/c12-8-1-2-10(9(7-8)11(13)15)14-3-5-16-6-4-14/h1-2,7H,3-6,12H2,(H2,13,15). The second-order valence-electron chi connectivity index (χ2n) is 3.74. The fourth-order valence-corrected chi connectivity index (χ4v) is 1.83. The summed E-state index contributed by atoms with van der Waals surface area (Å²) in [5, 5.41) is 0. The van der Waals surface area contributed by atoms with Crippen molar-refractivity contribution in [2.75, 3.05) is 36.9 Å². The van der Waals surface area contributed by atoms with Crippen LogP contribution in [0, 0.1) is 0 Å². The Morgan fingerprint density at radius 3 is 2.62 bits per heavy atom. The van der Waals surface area contributed by atoms with Gasteiger partial charge in [0.25, 0.3) is 5.91 Å². The fourth-order valence-electron chi connectivity index (χ4n) is 1.83. The summed E-state index contributed by atoms with van der Waals surface area (Å²) in [6.45, 7) is 2.87. The second kappa shape index (κ2) is 4.40. The Balaban J connectivity index is 2.34. The van der Waals surface area contributed by atoms with E-state index in [2.05, 4.69) is 4.90 Å². The number of carbonyl (C=O) groups is 1. The quantitative estimate of drug-likeness (QED) is 0.699. The molecule has 1 amide bonds. The number of morpholine rings is 1. The van der Waals surface area contributed by atoms with Gasteiger partial charge in [0.15, 0.2) is 0 Å². The highest BCUT2D eigenvalue weighted by Gasteiger charge is 2.17. The van der Waals surface area contributed by atoms with Gasteiger partial charge >= 0.3 is 0 Å². The van der Waals surface area contributed by atoms with Gasteiger partial charge in [-0.3, -0.25) is 4.79 Å². The lowest BCUT2D eigenvalue weighted by Crippen LogP contribution is -2.37. The van der Waals surface area contributed by atoms with Gasteiger partial charge in [-0.05, 0) is 18.2 Å². The van der Waals surface area contributed by atoms with Crippen LogP contribution in [0.5, 0.6) is 0 Å². The van der Waals surface area contributed by atoms with E-state index in [0.717, 1.165) is 18.8 Å². The lowest BCUT2D eigenvalue weighted by Gasteiger charge is -2.30. The molecule has 0 spiro atoms. The van der Waals surface area contributed by atoms with Crippen molar-refractivity contribution in [3.8, 4) is 0 Å². The summed E-state index contributed by atoms with van der Waals surface area (Å²) in [6.07, 6.45) is 0. The van der Waals surface area contributed by atoms with Crippen LogP contribution >= 0.6 is 0 Å². The number of amides is 1. The number of ether oxygens (including phenoxy) is 1. The molecule has 1 fully saturated rings. The number of nitrogen functional groups attached to an aromatic ring is 1. The third kappa shape index (κ3) is 2.09. The van der Waals surface area contributed by atoms with Gasteiger partial charge in [-0.1, -0.05) is 0 Å². The number of benzene rings is 1. The second-order valence-corrected chi connectivity index (χ2v) is 3.74. The zero-order valence-electron chi connectivity index (χ0n) is 8.98. The van der Waals surface area contributed by atoms with E-state index in [4.69, 9.17) is 16.2 Å². The van der Waals surface area contributed by atoms with Gasteiger partial charge in [-0.2, -0.15) is 0 Å². The maximum atomic E-state index is 11.3. The molecule has 86 valence electrons. The molecule has 4 N–H and O–H groups in total. The summed E-state index contributed by atoms with van der Waals surface area (Å²) in [6, 6.07) is 5.23. The van der Waals surface area contributed by atoms with Crippen LogP contribution in [0.2, 0.25) is 0 Å². The lowest BCUT2D eigenvalue weighted by atomic mass is 10.1. The van der Waals surface area contributed by atoms with Gasteiger partial charge in [-0.25, -0.2) is 0 Å². The number of nitrogens with two attached hydrogens (primary N) is 2. The number of hydrogen-bond donors (Lipinski definition) is 2. The Morgan fingerprint density at radius 1 is 1.31 bits per heavy atom. The SMILES string of the molecule is NC(=O)c1cc(N)ccc1N1CCOCC1. The number of nitrogens with zero attached hydrogens (tertiary/aromatic N) is 1. The molecule has 1 heterocycles.